The summed E-state index contributed by atoms with van der Waals surface area (Å²) in [5, 5.41) is 9.16. The van der Waals surface area contributed by atoms with E-state index in [0.29, 0.717) is 5.65 Å². The van der Waals surface area contributed by atoms with Crippen molar-refractivity contribution in [1.29, 1.82) is 0 Å². The van der Waals surface area contributed by atoms with Crippen LogP contribution in [0.4, 0.5) is 5.95 Å². The lowest BCUT2D eigenvalue weighted by molar-refractivity contribution is -0.0823. The van der Waals surface area contributed by atoms with Crippen LogP contribution in [0, 0.1) is 0 Å². The van der Waals surface area contributed by atoms with E-state index in [1.165, 1.54) is 6.33 Å². The first-order valence-electron chi connectivity index (χ1n) is 5.83. The van der Waals surface area contributed by atoms with E-state index in [9.17, 15) is 4.79 Å². The second-order valence-corrected chi connectivity index (χ2v) is 4.59. The summed E-state index contributed by atoms with van der Waals surface area (Å²) in [6.45, 7) is -0.111. The number of nitrogens with zero attached hydrogens (tertiary/aromatic N) is 3. The van der Waals surface area contributed by atoms with E-state index in [1.54, 1.807) is 4.57 Å². The molecule has 0 unspecified atom stereocenters. The number of hydrogen-bond acceptors (Lipinski definition) is 7. The van der Waals surface area contributed by atoms with Crippen LogP contribution in [0.5, 0.6) is 0 Å². The van der Waals surface area contributed by atoms with Crippen LogP contribution >= 0.6 is 0 Å². The first-order valence-corrected chi connectivity index (χ1v) is 5.83. The number of fused-ring (bicyclic) bond motifs is 2. The largest absolute Gasteiger partial charge is 0.394 e. The van der Waals surface area contributed by atoms with Gasteiger partial charge in [0.15, 0.2) is 17.4 Å². The summed E-state index contributed by atoms with van der Waals surface area (Å²) >= 11 is 0. The summed E-state index contributed by atoms with van der Waals surface area (Å²) in [5.74, 6) is 0.0178. The SMILES string of the molecule is Nc1nc2c(ncn2[C@@H]2O[C@H](CO)[C@@H]3O[C@@H]32)c(=O)[nH]1. The second-order valence-electron chi connectivity index (χ2n) is 4.59. The summed E-state index contributed by atoms with van der Waals surface area (Å²) in [6, 6.07) is 0. The smallest absolute Gasteiger partial charge is 0.280 e. The van der Waals surface area contributed by atoms with Crippen molar-refractivity contribution in [3.63, 3.8) is 0 Å². The molecule has 2 aliphatic rings. The zero-order valence-corrected chi connectivity index (χ0v) is 9.68. The van der Waals surface area contributed by atoms with Gasteiger partial charge in [0.1, 0.15) is 18.3 Å². The number of aliphatic hydroxyl groups excluding tert-OH is 1. The Hall–Kier alpha value is -1.97. The minimum atomic E-state index is -0.444. The van der Waals surface area contributed by atoms with Crippen molar-refractivity contribution in [2.24, 2.45) is 0 Å². The Kier molecular flexibility index (Phi) is 2.03. The Morgan fingerprint density at radius 1 is 1.47 bits per heavy atom. The fourth-order valence-electron chi connectivity index (χ4n) is 2.50. The molecule has 0 aromatic carbocycles. The van der Waals surface area contributed by atoms with Crippen LogP contribution in [-0.2, 0) is 9.47 Å². The van der Waals surface area contributed by atoms with Gasteiger partial charge in [0.2, 0.25) is 5.95 Å². The predicted octanol–water partition coefficient (Wildman–Crippen LogP) is -1.64. The normalized spacial score (nSPS) is 32.7. The van der Waals surface area contributed by atoms with E-state index in [-0.39, 0.29) is 36.4 Å². The molecule has 9 nitrogen and oxygen atoms in total. The highest BCUT2D eigenvalue weighted by atomic mass is 16.7. The van der Waals surface area contributed by atoms with Gasteiger partial charge in [-0.25, -0.2) is 4.98 Å². The Labute approximate surface area is 106 Å². The van der Waals surface area contributed by atoms with Gasteiger partial charge in [-0.05, 0) is 0 Å². The number of nitrogens with one attached hydrogen (secondary N) is 1. The summed E-state index contributed by atoms with van der Waals surface area (Å²) in [6.07, 6.45) is 0.423. The zero-order valence-electron chi connectivity index (χ0n) is 9.68. The molecule has 0 bridgehead atoms. The number of aromatic nitrogens is 4. The number of hydrogen-bond donors (Lipinski definition) is 3. The van der Waals surface area contributed by atoms with Gasteiger partial charge in [-0.3, -0.25) is 14.3 Å². The molecule has 0 aliphatic carbocycles. The van der Waals surface area contributed by atoms with E-state index in [1.807, 2.05) is 0 Å². The van der Waals surface area contributed by atoms with Gasteiger partial charge < -0.3 is 20.3 Å². The lowest BCUT2D eigenvalue weighted by atomic mass is 10.2. The highest BCUT2D eigenvalue weighted by molar-refractivity contribution is 5.70. The number of nitrogens with two attached hydrogens (primary N) is 1. The van der Waals surface area contributed by atoms with Crippen LogP contribution in [0.1, 0.15) is 6.23 Å². The lowest BCUT2D eigenvalue weighted by Gasteiger charge is -2.17. The number of nitrogen functional groups attached to an aromatic ring is 1. The first-order chi connectivity index (χ1) is 9.19. The van der Waals surface area contributed by atoms with Crippen molar-refractivity contribution in [3.05, 3.63) is 16.7 Å². The minimum absolute atomic E-state index is 0.0178. The molecule has 9 heteroatoms. The van der Waals surface area contributed by atoms with Crippen molar-refractivity contribution in [3.8, 4) is 0 Å². The molecule has 19 heavy (non-hydrogen) atoms. The van der Waals surface area contributed by atoms with Gasteiger partial charge in [-0.2, -0.15) is 4.98 Å². The van der Waals surface area contributed by atoms with Crippen LogP contribution in [-0.4, -0.2) is 49.5 Å². The fourth-order valence-corrected chi connectivity index (χ4v) is 2.50. The van der Waals surface area contributed by atoms with Crippen LogP contribution < -0.4 is 11.3 Å². The Bertz CT molecular complexity index is 709. The molecule has 0 saturated carbocycles. The standard InChI is InChI=1S/C10H11N5O4/c11-10-13-7-4(8(17)14-10)12-2-15(7)9-6-5(19-6)3(1-16)18-9/h2-3,5-6,9,16H,1H2,(H3,11,13,14,17)/t3-,5+,6+,9-/m1/s1. The average molecular weight is 265 g/mol. The maximum atomic E-state index is 11.7. The highest BCUT2D eigenvalue weighted by Gasteiger charge is 2.58. The third kappa shape index (κ3) is 1.43. The number of aromatic amines is 1. The van der Waals surface area contributed by atoms with Crippen LogP contribution in [0.25, 0.3) is 11.2 Å². The van der Waals surface area contributed by atoms with Gasteiger partial charge in [0.05, 0.1) is 12.9 Å². The molecular weight excluding hydrogens is 254 g/mol. The van der Waals surface area contributed by atoms with Gasteiger partial charge in [0.25, 0.3) is 5.56 Å². The number of rotatable bonds is 2. The average Bonchev–Trinajstić information content (AvgIpc) is 2.91. The first kappa shape index (κ1) is 10.9. The summed E-state index contributed by atoms with van der Waals surface area (Å²) in [5.41, 5.74) is 5.68. The van der Waals surface area contributed by atoms with Gasteiger partial charge in [-0.15, -0.1) is 0 Å². The van der Waals surface area contributed by atoms with Crippen LogP contribution in [0.3, 0.4) is 0 Å². The Morgan fingerprint density at radius 3 is 3.05 bits per heavy atom. The molecule has 2 saturated heterocycles. The number of anilines is 1. The summed E-state index contributed by atoms with van der Waals surface area (Å²) < 4.78 is 12.7. The molecule has 0 amide bonds. The van der Waals surface area contributed by atoms with Gasteiger partial charge >= 0.3 is 0 Å². The molecular formula is C10H11N5O4. The van der Waals surface area contributed by atoms with Crippen molar-refractivity contribution >= 4 is 17.1 Å². The summed E-state index contributed by atoms with van der Waals surface area (Å²) in [7, 11) is 0. The van der Waals surface area contributed by atoms with Gasteiger partial charge in [-0.1, -0.05) is 0 Å². The molecule has 4 heterocycles. The monoisotopic (exact) mass is 265 g/mol. The molecule has 0 spiro atoms. The van der Waals surface area contributed by atoms with E-state index in [2.05, 4.69) is 15.0 Å². The van der Waals surface area contributed by atoms with Gasteiger partial charge in [0, 0.05) is 0 Å². The van der Waals surface area contributed by atoms with E-state index >= 15 is 0 Å². The summed E-state index contributed by atoms with van der Waals surface area (Å²) in [4.78, 5) is 22.1. The Morgan fingerprint density at radius 2 is 2.32 bits per heavy atom. The maximum absolute atomic E-state index is 11.7. The molecule has 2 aromatic heterocycles. The quantitative estimate of drug-likeness (QED) is 0.555. The van der Waals surface area contributed by atoms with Crippen molar-refractivity contribution in [2.45, 2.75) is 24.5 Å². The Balaban J connectivity index is 1.82. The van der Waals surface area contributed by atoms with Crippen LogP contribution in [0.15, 0.2) is 11.1 Å². The molecule has 2 fully saturated rings. The number of aliphatic hydroxyl groups is 1. The van der Waals surface area contributed by atoms with Crippen LogP contribution in [0.2, 0.25) is 0 Å². The highest BCUT2D eigenvalue weighted by Crippen LogP contribution is 2.45. The minimum Gasteiger partial charge on any atom is -0.394 e. The predicted molar refractivity (Wildman–Crippen MR) is 62.2 cm³/mol. The lowest BCUT2D eigenvalue weighted by Crippen LogP contribution is -2.22. The number of ether oxygens (including phenoxy) is 2. The third-order valence-electron chi connectivity index (χ3n) is 3.43. The number of imidazole rings is 1. The topological polar surface area (TPSA) is 132 Å². The van der Waals surface area contributed by atoms with E-state index in [4.69, 9.17) is 20.3 Å². The molecule has 4 rings (SSSR count). The van der Waals surface area contributed by atoms with E-state index in [0.717, 1.165) is 0 Å². The van der Waals surface area contributed by atoms with Crippen molar-refractivity contribution in [2.75, 3.05) is 12.3 Å². The van der Waals surface area contributed by atoms with Crippen molar-refractivity contribution in [1.82, 2.24) is 19.5 Å². The van der Waals surface area contributed by atoms with Crippen molar-refractivity contribution < 1.29 is 14.6 Å². The van der Waals surface area contributed by atoms with E-state index < -0.39 is 11.8 Å². The number of H-pyrrole nitrogens is 1. The molecule has 4 N–H and O–H groups in total. The molecule has 100 valence electrons. The maximum Gasteiger partial charge on any atom is 0.280 e. The second kappa shape index (κ2) is 3.53. The molecule has 2 aliphatic heterocycles. The zero-order chi connectivity index (χ0) is 13.1. The molecule has 4 atom stereocenters. The fraction of sp³-hybridized carbons (Fsp3) is 0.500. The molecule has 0 radical (unpaired) electrons. The molecule has 2 aromatic rings. The third-order valence-corrected chi connectivity index (χ3v) is 3.43. The number of epoxide rings is 1.